The molecule has 9 heteroatoms. The van der Waals surface area contributed by atoms with E-state index in [1.807, 2.05) is 19.1 Å². The number of benzene rings is 4. The van der Waals surface area contributed by atoms with E-state index < -0.39 is 22.9 Å². The molecule has 0 aliphatic rings. The van der Waals surface area contributed by atoms with Crippen LogP contribution in [-0.2, 0) is 9.59 Å². The summed E-state index contributed by atoms with van der Waals surface area (Å²) in [5, 5.41) is 8.45. The van der Waals surface area contributed by atoms with Crippen molar-refractivity contribution in [3.8, 4) is 0 Å². The third-order valence-electron chi connectivity index (χ3n) is 5.92. The largest absolute Gasteiger partial charge is 0.325 e. The van der Waals surface area contributed by atoms with Gasteiger partial charge in [-0.25, -0.2) is 4.39 Å². The van der Waals surface area contributed by atoms with Gasteiger partial charge in [0, 0.05) is 26.9 Å². The Bertz CT molecular complexity index is 1590. The highest BCUT2D eigenvalue weighted by atomic mass is 35.5. The second-order valence-electron chi connectivity index (χ2n) is 9.12. The molecule has 4 rings (SSSR count). The number of rotatable bonds is 9. The molecule has 1 atom stereocenters. The number of amides is 3. The normalized spacial score (nSPS) is 11.9. The molecule has 0 saturated heterocycles. The lowest BCUT2D eigenvalue weighted by molar-refractivity contribution is -0.115. The number of hydrogen-bond acceptors (Lipinski definition) is 4. The smallest absolute Gasteiger partial charge is 0.272 e. The van der Waals surface area contributed by atoms with Gasteiger partial charge in [0.1, 0.15) is 11.5 Å². The fraction of sp³-hybridized carbons (Fsp3) is 0.0938. The Kier molecular flexibility index (Phi) is 9.95. The SMILES string of the molecule is Cc1ccc(NC(=O)C(C)Sc2cccc(NC(=O)/C(=C/c3ccc(F)cc3)NC(=O)c3ccccc3)c2)cc1Cl. The van der Waals surface area contributed by atoms with Crippen molar-refractivity contribution in [1.82, 2.24) is 5.32 Å². The van der Waals surface area contributed by atoms with E-state index in [4.69, 9.17) is 11.6 Å². The first-order chi connectivity index (χ1) is 19.7. The van der Waals surface area contributed by atoms with Gasteiger partial charge in [-0.3, -0.25) is 14.4 Å². The quantitative estimate of drug-likeness (QED) is 0.141. The van der Waals surface area contributed by atoms with Crippen molar-refractivity contribution in [3.05, 3.63) is 130 Å². The third-order valence-corrected chi connectivity index (χ3v) is 7.42. The van der Waals surface area contributed by atoms with Crippen LogP contribution in [0.3, 0.4) is 0 Å². The topological polar surface area (TPSA) is 87.3 Å². The van der Waals surface area contributed by atoms with Gasteiger partial charge in [-0.2, -0.15) is 0 Å². The maximum absolute atomic E-state index is 13.4. The highest BCUT2D eigenvalue weighted by Crippen LogP contribution is 2.27. The summed E-state index contributed by atoms with van der Waals surface area (Å²) in [5.41, 5.74) is 2.89. The Hall–Kier alpha value is -4.40. The van der Waals surface area contributed by atoms with Crippen LogP contribution in [0.4, 0.5) is 15.8 Å². The van der Waals surface area contributed by atoms with E-state index in [0.717, 1.165) is 10.5 Å². The first-order valence-electron chi connectivity index (χ1n) is 12.7. The lowest BCUT2D eigenvalue weighted by atomic mass is 10.1. The van der Waals surface area contributed by atoms with Gasteiger partial charge in [0.25, 0.3) is 11.8 Å². The van der Waals surface area contributed by atoms with Crippen LogP contribution in [0.15, 0.2) is 108 Å². The Morgan fingerprint density at radius 2 is 1.56 bits per heavy atom. The maximum atomic E-state index is 13.4. The third kappa shape index (κ3) is 8.54. The highest BCUT2D eigenvalue weighted by Gasteiger charge is 2.18. The maximum Gasteiger partial charge on any atom is 0.272 e. The molecule has 0 saturated carbocycles. The fourth-order valence-corrected chi connectivity index (χ4v) is 4.79. The molecule has 0 bridgehead atoms. The average molecular weight is 588 g/mol. The van der Waals surface area contributed by atoms with Crippen LogP contribution in [-0.4, -0.2) is 23.0 Å². The zero-order valence-corrected chi connectivity index (χ0v) is 23.9. The molecule has 4 aromatic rings. The molecule has 41 heavy (non-hydrogen) atoms. The number of nitrogens with one attached hydrogen (secondary N) is 3. The second kappa shape index (κ2) is 13.8. The van der Waals surface area contributed by atoms with E-state index in [9.17, 15) is 18.8 Å². The van der Waals surface area contributed by atoms with E-state index in [1.54, 1.807) is 67.6 Å². The molecular formula is C32H27ClFN3O3S. The van der Waals surface area contributed by atoms with Gasteiger partial charge in [-0.05, 0) is 85.6 Å². The molecular weight excluding hydrogens is 561 g/mol. The minimum absolute atomic E-state index is 0.0204. The van der Waals surface area contributed by atoms with E-state index in [0.29, 0.717) is 27.5 Å². The molecule has 0 radical (unpaired) electrons. The summed E-state index contributed by atoms with van der Waals surface area (Å²) < 4.78 is 13.4. The molecule has 0 spiro atoms. The van der Waals surface area contributed by atoms with Gasteiger partial charge in [-0.15, -0.1) is 11.8 Å². The molecule has 0 heterocycles. The molecule has 6 nitrogen and oxygen atoms in total. The number of carbonyl (C=O) groups is 3. The van der Waals surface area contributed by atoms with Crippen LogP contribution in [0.2, 0.25) is 5.02 Å². The Morgan fingerprint density at radius 3 is 2.27 bits per heavy atom. The number of aryl methyl sites for hydroxylation is 1. The molecule has 0 aliphatic carbocycles. The van der Waals surface area contributed by atoms with Crippen molar-refractivity contribution < 1.29 is 18.8 Å². The monoisotopic (exact) mass is 587 g/mol. The molecule has 3 amide bonds. The van der Waals surface area contributed by atoms with Gasteiger partial charge in [0.2, 0.25) is 5.91 Å². The van der Waals surface area contributed by atoms with E-state index in [-0.39, 0.29) is 11.6 Å². The number of carbonyl (C=O) groups excluding carboxylic acids is 3. The van der Waals surface area contributed by atoms with Gasteiger partial charge < -0.3 is 16.0 Å². The fourth-order valence-electron chi connectivity index (χ4n) is 3.69. The molecule has 0 aliphatic heterocycles. The average Bonchev–Trinajstić information content (AvgIpc) is 2.96. The zero-order chi connectivity index (χ0) is 29.4. The van der Waals surface area contributed by atoms with Gasteiger partial charge >= 0.3 is 0 Å². The van der Waals surface area contributed by atoms with Gasteiger partial charge in [0.15, 0.2) is 0 Å². The summed E-state index contributed by atoms with van der Waals surface area (Å²) in [7, 11) is 0. The van der Waals surface area contributed by atoms with Crippen LogP contribution in [0.25, 0.3) is 6.08 Å². The van der Waals surface area contributed by atoms with E-state index in [2.05, 4.69) is 16.0 Å². The van der Waals surface area contributed by atoms with E-state index in [1.165, 1.54) is 42.1 Å². The van der Waals surface area contributed by atoms with Crippen molar-refractivity contribution in [3.63, 3.8) is 0 Å². The van der Waals surface area contributed by atoms with Crippen molar-refractivity contribution in [2.75, 3.05) is 10.6 Å². The van der Waals surface area contributed by atoms with Crippen LogP contribution >= 0.6 is 23.4 Å². The van der Waals surface area contributed by atoms with Gasteiger partial charge in [-0.1, -0.05) is 54.1 Å². The zero-order valence-electron chi connectivity index (χ0n) is 22.3. The summed E-state index contributed by atoms with van der Waals surface area (Å²) in [4.78, 5) is 39.6. The Labute approximate surface area is 247 Å². The van der Waals surface area contributed by atoms with E-state index >= 15 is 0 Å². The van der Waals surface area contributed by atoms with Crippen molar-refractivity contribution in [2.45, 2.75) is 24.0 Å². The Morgan fingerprint density at radius 1 is 0.854 bits per heavy atom. The summed E-state index contributed by atoms with van der Waals surface area (Å²) >= 11 is 7.49. The van der Waals surface area contributed by atoms with Crippen LogP contribution < -0.4 is 16.0 Å². The van der Waals surface area contributed by atoms with Crippen LogP contribution in [0.1, 0.15) is 28.4 Å². The van der Waals surface area contributed by atoms with Crippen LogP contribution in [0.5, 0.6) is 0 Å². The molecule has 3 N–H and O–H groups in total. The minimum atomic E-state index is -0.567. The number of anilines is 2. The molecule has 208 valence electrons. The standard InChI is InChI=1S/C32H27ClFN3O3S/c1-20-11-16-26(19-28(20)33)35-30(38)21(2)41-27-10-6-9-25(18-27)36-32(40)29(17-22-12-14-24(34)15-13-22)37-31(39)23-7-4-3-5-8-23/h3-19,21H,1-2H3,(H,35,38)(H,36,40)(H,37,39)/b29-17-. The summed E-state index contributed by atoms with van der Waals surface area (Å²) in [5.74, 6) is -1.64. The number of halogens is 2. The molecule has 0 fully saturated rings. The first-order valence-corrected chi connectivity index (χ1v) is 13.9. The summed E-state index contributed by atoms with van der Waals surface area (Å²) in [6.07, 6.45) is 1.47. The Balaban J connectivity index is 1.47. The summed E-state index contributed by atoms with van der Waals surface area (Å²) in [6.45, 7) is 3.67. The lowest BCUT2D eigenvalue weighted by Crippen LogP contribution is -2.30. The van der Waals surface area contributed by atoms with Crippen molar-refractivity contribution >= 4 is 58.5 Å². The van der Waals surface area contributed by atoms with Crippen molar-refractivity contribution in [2.24, 2.45) is 0 Å². The molecule has 0 aromatic heterocycles. The van der Waals surface area contributed by atoms with Gasteiger partial charge in [0.05, 0.1) is 5.25 Å². The van der Waals surface area contributed by atoms with Crippen LogP contribution in [0, 0.1) is 12.7 Å². The number of thioether (sulfide) groups is 1. The predicted octanol–water partition coefficient (Wildman–Crippen LogP) is 7.32. The number of hydrogen-bond donors (Lipinski definition) is 3. The summed E-state index contributed by atoms with van der Waals surface area (Å²) in [6, 6.07) is 26.4. The molecule has 1 unspecified atom stereocenters. The molecule has 4 aromatic carbocycles. The minimum Gasteiger partial charge on any atom is -0.325 e. The first kappa shape index (κ1) is 29.6. The predicted molar refractivity (Wildman–Crippen MR) is 163 cm³/mol. The van der Waals surface area contributed by atoms with Crippen molar-refractivity contribution in [1.29, 1.82) is 0 Å². The second-order valence-corrected chi connectivity index (χ2v) is 10.9. The lowest BCUT2D eigenvalue weighted by Gasteiger charge is -2.14. The highest BCUT2D eigenvalue weighted by molar-refractivity contribution is 8.00.